The Balaban J connectivity index is 1.81. The highest BCUT2D eigenvalue weighted by atomic mass is 16.5. The van der Waals surface area contributed by atoms with E-state index in [9.17, 15) is 4.79 Å². The fraction of sp³-hybridized carbons (Fsp3) is 0.944. The molecule has 0 saturated heterocycles. The highest BCUT2D eigenvalue weighted by Gasteiger charge is 2.35. The summed E-state index contributed by atoms with van der Waals surface area (Å²) in [7, 11) is 0. The average Bonchev–Trinajstić information content (AvgIpc) is 3.21. The van der Waals surface area contributed by atoms with E-state index in [0.717, 1.165) is 24.8 Å². The Bertz CT molecular complexity index is 268. The van der Waals surface area contributed by atoms with E-state index in [0.29, 0.717) is 13.0 Å². The minimum Gasteiger partial charge on any atom is -0.466 e. The first-order valence-corrected chi connectivity index (χ1v) is 9.13. The van der Waals surface area contributed by atoms with Crippen molar-refractivity contribution in [2.24, 2.45) is 17.6 Å². The van der Waals surface area contributed by atoms with Gasteiger partial charge in [0.15, 0.2) is 0 Å². The molecule has 0 aromatic heterocycles. The Labute approximate surface area is 131 Å². The van der Waals surface area contributed by atoms with Crippen molar-refractivity contribution < 1.29 is 9.53 Å². The highest BCUT2D eigenvalue weighted by molar-refractivity contribution is 5.69. The molecular formula is C18H35NO2. The maximum atomic E-state index is 11.2. The van der Waals surface area contributed by atoms with Crippen LogP contribution in [0.2, 0.25) is 0 Å². The molecule has 1 rings (SSSR count). The first-order chi connectivity index (χ1) is 10.3. The van der Waals surface area contributed by atoms with Gasteiger partial charge in [0, 0.05) is 6.42 Å². The average molecular weight is 297 g/mol. The SMILES string of the molecule is CCOC(=O)CCCCC1CC1CCCCCCCCN. The first-order valence-electron chi connectivity index (χ1n) is 9.13. The fourth-order valence-corrected chi connectivity index (χ4v) is 3.18. The van der Waals surface area contributed by atoms with Gasteiger partial charge < -0.3 is 10.5 Å². The van der Waals surface area contributed by atoms with Crippen LogP contribution in [0, 0.1) is 11.8 Å². The molecule has 0 bridgehead atoms. The molecule has 2 atom stereocenters. The van der Waals surface area contributed by atoms with Gasteiger partial charge in [-0.1, -0.05) is 51.4 Å². The van der Waals surface area contributed by atoms with Gasteiger partial charge in [-0.25, -0.2) is 0 Å². The molecule has 3 heteroatoms. The van der Waals surface area contributed by atoms with Crippen molar-refractivity contribution >= 4 is 5.97 Å². The van der Waals surface area contributed by atoms with E-state index < -0.39 is 0 Å². The van der Waals surface area contributed by atoms with E-state index in [-0.39, 0.29) is 5.97 Å². The second kappa shape index (κ2) is 12.0. The smallest absolute Gasteiger partial charge is 0.305 e. The van der Waals surface area contributed by atoms with Crippen LogP contribution in [0.15, 0.2) is 0 Å². The number of rotatable bonds is 14. The van der Waals surface area contributed by atoms with Crippen molar-refractivity contribution in [2.45, 2.75) is 84.0 Å². The lowest BCUT2D eigenvalue weighted by atomic mass is 10.0. The number of ether oxygens (including phenoxy) is 1. The molecule has 1 saturated carbocycles. The van der Waals surface area contributed by atoms with Gasteiger partial charge in [0.05, 0.1) is 6.61 Å². The molecule has 2 unspecified atom stereocenters. The van der Waals surface area contributed by atoms with Crippen molar-refractivity contribution in [1.29, 1.82) is 0 Å². The van der Waals surface area contributed by atoms with E-state index in [4.69, 9.17) is 10.5 Å². The minimum absolute atomic E-state index is 0.0283. The van der Waals surface area contributed by atoms with Gasteiger partial charge in [-0.05, 0) is 44.6 Å². The molecule has 124 valence electrons. The zero-order chi connectivity index (χ0) is 15.3. The molecule has 1 aliphatic rings. The van der Waals surface area contributed by atoms with Gasteiger partial charge in [0.25, 0.3) is 0 Å². The summed E-state index contributed by atoms with van der Waals surface area (Å²) in [6, 6.07) is 0. The van der Waals surface area contributed by atoms with Crippen molar-refractivity contribution in [3.8, 4) is 0 Å². The van der Waals surface area contributed by atoms with Crippen molar-refractivity contribution in [2.75, 3.05) is 13.2 Å². The summed E-state index contributed by atoms with van der Waals surface area (Å²) in [6.45, 7) is 3.22. The second-order valence-corrected chi connectivity index (χ2v) is 6.51. The van der Waals surface area contributed by atoms with Gasteiger partial charge in [-0.3, -0.25) is 4.79 Å². The topological polar surface area (TPSA) is 52.3 Å². The van der Waals surface area contributed by atoms with E-state index in [1.165, 1.54) is 64.2 Å². The predicted molar refractivity (Wildman–Crippen MR) is 88.1 cm³/mol. The van der Waals surface area contributed by atoms with Crippen LogP contribution in [0.1, 0.15) is 84.0 Å². The number of carbonyl (C=O) groups is 1. The minimum atomic E-state index is -0.0283. The van der Waals surface area contributed by atoms with Gasteiger partial charge in [-0.2, -0.15) is 0 Å². The Hall–Kier alpha value is -0.570. The first kappa shape index (κ1) is 18.5. The monoisotopic (exact) mass is 297 g/mol. The van der Waals surface area contributed by atoms with Crippen LogP contribution < -0.4 is 5.73 Å². The Morgan fingerprint density at radius 2 is 1.52 bits per heavy atom. The fourth-order valence-electron chi connectivity index (χ4n) is 3.18. The van der Waals surface area contributed by atoms with Crippen LogP contribution in [0.5, 0.6) is 0 Å². The van der Waals surface area contributed by atoms with Crippen LogP contribution in [0.25, 0.3) is 0 Å². The largest absolute Gasteiger partial charge is 0.466 e. The number of hydrogen-bond donors (Lipinski definition) is 1. The third-order valence-corrected chi connectivity index (χ3v) is 4.61. The number of esters is 1. The molecular weight excluding hydrogens is 262 g/mol. The quantitative estimate of drug-likeness (QED) is 0.381. The second-order valence-electron chi connectivity index (χ2n) is 6.51. The van der Waals surface area contributed by atoms with Gasteiger partial charge in [0.1, 0.15) is 0 Å². The standard InChI is InChI=1S/C18H35NO2/c1-2-21-18(20)13-9-8-12-17-15-16(17)11-7-5-3-4-6-10-14-19/h16-17H,2-15,19H2,1H3. The number of hydrogen-bond acceptors (Lipinski definition) is 3. The molecule has 0 aliphatic heterocycles. The molecule has 0 amide bonds. The maximum absolute atomic E-state index is 11.2. The Morgan fingerprint density at radius 3 is 2.14 bits per heavy atom. The summed E-state index contributed by atoms with van der Waals surface area (Å²) in [4.78, 5) is 11.2. The molecule has 1 aliphatic carbocycles. The third kappa shape index (κ3) is 9.89. The van der Waals surface area contributed by atoms with Crippen LogP contribution in [0.4, 0.5) is 0 Å². The molecule has 0 radical (unpaired) electrons. The maximum Gasteiger partial charge on any atom is 0.305 e. The number of unbranched alkanes of at least 4 members (excludes halogenated alkanes) is 6. The molecule has 3 nitrogen and oxygen atoms in total. The number of nitrogens with two attached hydrogens (primary N) is 1. The summed E-state index contributed by atoms with van der Waals surface area (Å²) in [5, 5.41) is 0. The summed E-state index contributed by atoms with van der Waals surface area (Å²) in [5.74, 6) is 1.93. The van der Waals surface area contributed by atoms with Crippen molar-refractivity contribution in [3.63, 3.8) is 0 Å². The Morgan fingerprint density at radius 1 is 0.952 bits per heavy atom. The molecule has 21 heavy (non-hydrogen) atoms. The van der Waals surface area contributed by atoms with Crippen LogP contribution in [-0.2, 0) is 9.53 Å². The van der Waals surface area contributed by atoms with Gasteiger partial charge in [0.2, 0.25) is 0 Å². The van der Waals surface area contributed by atoms with E-state index in [1.807, 2.05) is 6.92 Å². The summed E-state index contributed by atoms with van der Waals surface area (Å²) >= 11 is 0. The normalized spacial score (nSPS) is 20.5. The van der Waals surface area contributed by atoms with Crippen LogP contribution in [-0.4, -0.2) is 19.1 Å². The number of carbonyl (C=O) groups excluding carboxylic acids is 1. The molecule has 2 N–H and O–H groups in total. The zero-order valence-electron chi connectivity index (χ0n) is 13.9. The van der Waals surface area contributed by atoms with E-state index in [2.05, 4.69) is 0 Å². The molecule has 1 fully saturated rings. The predicted octanol–water partition coefficient (Wildman–Crippen LogP) is 4.44. The highest BCUT2D eigenvalue weighted by Crippen LogP contribution is 2.45. The summed E-state index contributed by atoms with van der Waals surface area (Å²) in [5.41, 5.74) is 5.49. The summed E-state index contributed by atoms with van der Waals surface area (Å²) in [6.07, 6.45) is 15.0. The third-order valence-electron chi connectivity index (χ3n) is 4.61. The van der Waals surface area contributed by atoms with Crippen molar-refractivity contribution in [3.05, 3.63) is 0 Å². The van der Waals surface area contributed by atoms with Crippen molar-refractivity contribution in [1.82, 2.24) is 0 Å². The lowest BCUT2D eigenvalue weighted by Crippen LogP contribution is -2.03. The lowest BCUT2D eigenvalue weighted by Gasteiger charge is -2.03. The zero-order valence-corrected chi connectivity index (χ0v) is 13.9. The van der Waals surface area contributed by atoms with E-state index in [1.54, 1.807) is 0 Å². The molecule has 0 aromatic rings. The molecule has 0 aromatic carbocycles. The molecule has 0 heterocycles. The lowest BCUT2D eigenvalue weighted by molar-refractivity contribution is -0.143. The molecule has 0 spiro atoms. The van der Waals surface area contributed by atoms with Gasteiger partial charge in [-0.15, -0.1) is 0 Å². The van der Waals surface area contributed by atoms with Crippen LogP contribution in [0.3, 0.4) is 0 Å². The summed E-state index contributed by atoms with van der Waals surface area (Å²) < 4.78 is 4.94. The van der Waals surface area contributed by atoms with E-state index >= 15 is 0 Å². The van der Waals surface area contributed by atoms with Crippen LogP contribution >= 0.6 is 0 Å². The van der Waals surface area contributed by atoms with Gasteiger partial charge >= 0.3 is 5.97 Å². The Kier molecular flexibility index (Phi) is 10.6.